The van der Waals surface area contributed by atoms with Crippen molar-refractivity contribution in [3.63, 3.8) is 0 Å². The molecule has 0 radical (unpaired) electrons. The van der Waals surface area contributed by atoms with Crippen LogP contribution in [0.4, 0.5) is 0 Å². The molecule has 2 N–H and O–H groups in total. The van der Waals surface area contributed by atoms with E-state index in [9.17, 15) is 0 Å². The standard InChI is InChI=1S/C14H19N3O/c1-2-9-18-13-5-3-12(4-6-13)10-15-11-14-16-7-8-17-14/h3-8,15H,2,9-11H2,1H3,(H,16,17). The molecule has 0 fully saturated rings. The topological polar surface area (TPSA) is 49.9 Å². The molecular weight excluding hydrogens is 226 g/mol. The third-order valence-corrected chi connectivity index (χ3v) is 2.57. The summed E-state index contributed by atoms with van der Waals surface area (Å²) in [7, 11) is 0. The fraction of sp³-hybridized carbons (Fsp3) is 0.357. The van der Waals surface area contributed by atoms with Gasteiger partial charge in [0.2, 0.25) is 0 Å². The minimum Gasteiger partial charge on any atom is -0.494 e. The second-order valence-electron chi connectivity index (χ2n) is 4.13. The molecule has 0 aliphatic rings. The molecule has 96 valence electrons. The molecule has 2 rings (SSSR count). The largest absolute Gasteiger partial charge is 0.494 e. The molecule has 0 atom stereocenters. The van der Waals surface area contributed by atoms with Gasteiger partial charge in [-0.05, 0) is 24.1 Å². The number of imidazole rings is 1. The fourth-order valence-electron chi connectivity index (χ4n) is 1.64. The maximum atomic E-state index is 5.54. The van der Waals surface area contributed by atoms with Gasteiger partial charge in [0.25, 0.3) is 0 Å². The zero-order valence-corrected chi connectivity index (χ0v) is 10.6. The van der Waals surface area contributed by atoms with Crippen molar-refractivity contribution >= 4 is 0 Å². The summed E-state index contributed by atoms with van der Waals surface area (Å²) >= 11 is 0. The first-order chi connectivity index (χ1) is 8.88. The van der Waals surface area contributed by atoms with Crippen molar-refractivity contribution in [3.05, 3.63) is 48.0 Å². The number of hydrogen-bond donors (Lipinski definition) is 2. The Morgan fingerprint density at radius 2 is 2.06 bits per heavy atom. The first kappa shape index (κ1) is 12.6. The van der Waals surface area contributed by atoms with Crippen LogP contribution in [0.2, 0.25) is 0 Å². The number of ether oxygens (including phenoxy) is 1. The van der Waals surface area contributed by atoms with Gasteiger partial charge in [-0.3, -0.25) is 0 Å². The quantitative estimate of drug-likeness (QED) is 0.788. The van der Waals surface area contributed by atoms with Crippen LogP contribution in [0.15, 0.2) is 36.7 Å². The van der Waals surface area contributed by atoms with Gasteiger partial charge in [0.1, 0.15) is 11.6 Å². The molecular formula is C14H19N3O. The smallest absolute Gasteiger partial charge is 0.120 e. The van der Waals surface area contributed by atoms with Crippen LogP contribution in [0.1, 0.15) is 24.7 Å². The van der Waals surface area contributed by atoms with E-state index in [0.29, 0.717) is 0 Å². The normalized spacial score (nSPS) is 10.5. The number of nitrogens with one attached hydrogen (secondary N) is 2. The van der Waals surface area contributed by atoms with Gasteiger partial charge in [-0.2, -0.15) is 0 Å². The lowest BCUT2D eigenvalue weighted by Crippen LogP contribution is -2.13. The molecule has 0 bridgehead atoms. The Balaban J connectivity index is 1.75. The molecule has 0 saturated heterocycles. The van der Waals surface area contributed by atoms with Crippen LogP contribution in [0.25, 0.3) is 0 Å². The van der Waals surface area contributed by atoms with Gasteiger partial charge >= 0.3 is 0 Å². The molecule has 0 spiro atoms. The lowest BCUT2D eigenvalue weighted by atomic mass is 10.2. The van der Waals surface area contributed by atoms with Crippen molar-refractivity contribution in [2.45, 2.75) is 26.4 Å². The Kier molecular flexibility index (Phi) is 4.78. The van der Waals surface area contributed by atoms with E-state index < -0.39 is 0 Å². The molecule has 1 heterocycles. The highest BCUT2D eigenvalue weighted by molar-refractivity contribution is 5.27. The van der Waals surface area contributed by atoms with Crippen molar-refractivity contribution in [2.75, 3.05) is 6.61 Å². The molecule has 4 nitrogen and oxygen atoms in total. The average molecular weight is 245 g/mol. The SMILES string of the molecule is CCCOc1ccc(CNCc2ncc[nH]2)cc1. The van der Waals surface area contributed by atoms with E-state index in [1.165, 1.54) is 5.56 Å². The number of hydrogen-bond acceptors (Lipinski definition) is 3. The fourth-order valence-corrected chi connectivity index (χ4v) is 1.64. The van der Waals surface area contributed by atoms with E-state index in [1.807, 2.05) is 18.3 Å². The van der Waals surface area contributed by atoms with Crippen LogP contribution in [-0.2, 0) is 13.1 Å². The van der Waals surface area contributed by atoms with Gasteiger partial charge < -0.3 is 15.0 Å². The molecule has 18 heavy (non-hydrogen) atoms. The average Bonchev–Trinajstić information content (AvgIpc) is 2.91. The number of aromatic nitrogens is 2. The third kappa shape index (κ3) is 3.89. The number of benzene rings is 1. The number of H-pyrrole nitrogens is 1. The molecule has 2 aromatic rings. The first-order valence-electron chi connectivity index (χ1n) is 6.29. The molecule has 1 aromatic heterocycles. The van der Waals surface area contributed by atoms with Crippen molar-refractivity contribution < 1.29 is 4.74 Å². The second-order valence-corrected chi connectivity index (χ2v) is 4.13. The summed E-state index contributed by atoms with van der Waals surface area (Å²) in [5.74, 6) is 1.89. The Morgan fingerprint density at radius 1 is 1.22 bits per heavy atom. The third-order valence-electron chi connectivity index (χ3n) is 2.57. The highest BCUT2D eigenvalue weighted by atomic mass is 16.5. The van der Waals surface area contributed by atoms with Gasteiger partial charge in [-0.1, -0.05) is 19.1 Å². The lowest BCUT2D eigenvalue weighted by molar-refractivity contribution is 0.317. The summed E-state index contributed by atoms with van der Waals surface area (Å²) in [6.07, 6.45) is 4.63. The second kappa shape index (κ2) is 6.81. The van der Waals surface area contributed by atoms with Gasteiger partial charge in [0.05, 0.1) is 13.2 Å². The molecule has 0 amide bonds. The first-order valence-corrected chi connectivity index (χ1v) is 6.29. The maximum absolute atomic E-state index is 5.54. The zero-order chi connectivity index (χ0) is 12.6. The van der Waals surface area contributed by atoms with E-state index in [0.717, 1.165) is 37.7 Å². The van der Waals surface area contributed by atoms with E-state index in [4.69, 9.17) is 4.74 Å². The van der Waals surface area contributed by atoms with E-state index >= 15 is 0 Å². The number of rotatable bonds is 7. The van der Waals surface area contributed by atoms with Crippen LogP contribution >= 0.6 is 0 Å². The van der Waals surface area contributed by atoms with Crippen molar-refractivity contribution in [1.82, 2.24) is 15.3 Å². The highest BCUT2D eigenvalue weighted by Gasteiger charge is 1.97. The Labute approximate surface area is 107 Å². The van der Waals surface area contributed by atoms with Crippen molar-refractivity contribution in [3.8, 4) is 5.75 Å². The summed E-state index contributed by atoms with van der Waals surface area (Å²) in [5, 5.41) is 3.33. The molecule has 0 saturated carbocycles. The van der Waals surface area contributed by atoms with Crippen LogP contribution in [0.5, 0.6) is 5.75 Å². The Morgan fingerprint density at radius 3 is 2.72 bits per heavy atom. The minimum atomic E-state index is 0.751. The van der Waals surface area contributed by atoms with Gasteiger partial charge in [0, 0.05) is 18.9 Å². The summed E-state index contributed by atoms with van der Waals surface area (Å²) in [4.78, 5) is 7.22. The molecule has 0 aliphatic carbocycles. The monoisotopic (exact) mass is 245 g/mol. The summed E-state index contributed by atoms with van der Waals surface area (Å²) in [6, 6.07) is 8.19. The van der Waals surface area contributed by atoms with Crippen LogP contribution in [0, 0.1) is 0 Å². The van der Waals surface area contributed by atoms with Gasteiger partial charge in [-0.15, -0.1) is 0 Å². The highest BCUT2D eigenvalue weighted by Crippen LogP contribution is 2.12. The van der Waals surface area contributed by atoms with Crippen LogP contribution in [-0.4, -0.2) is 16.6 Å². The number of aromatic amines is 1. The van der Waals surface area contributed by atoms with Crippen molar-refractivity contribution in [1.29, 1.82) is 0 Å². The zero-order valence-electron chi connectivity index (χ0n) is 10.6. The molecule has 1 aromatic carbocycles. The maximum Gasteiger partial charge on any atom is 0.120 e. The summed E-state index contributed by atoms with van der Waals surface area (Å²) in [6.45, 7) is 4.46. The van der Waals surface area contributed by atoms with E-state index in [2.05, 4.69) is 34.3 Å². The molecule has 0 unspecified atom stereocenters. The van der Waals surface area contributed by atoms with E-state index in [-0.39, 0.29) is 0 Å². The number of nitrogens with zero attached hydrogens (tertiary/aromatic N) is 1. The van der Waals surface area contributed by atoms with Crippen LogP contribution in [0.3, 0.4) is 0 Å². The minimum absolute atomic E-state index is 0.751. The van der Waals surface area contributed by atoms with Gasteiger partial charge in [0.15, 0.2) is 0 Å². The summed E-state index contributed by atoms with van der Waals surface area (Å²) in [5.41, 5.74) is 1.24. The van der Waals surface area contributed by atoms with Gasteiger partial charge in [-0.25, -0.2) is 4.98 Å². The predicted molar refractivity (Wildman–Crippen MR) is 71.4 cm³/mol. The Hall–Kier alpha value is -1.81. The van der Waals surface area contributed by atoms with Crippen molar-refractivity contribution in [2.24, 2.45) is 0 Å². The summed E-state index contributed by atoms with van der Waals surface area (Å²) < 4.78 is 5.54. The molecule has 4 heteroatoms. The predicted octanol–water partition coefficient (Wildman–Crippen LogP) is 2.49. The van der Waals surface area contributed by atoms with Crippen LogP contribution < -0.4 is 10.1 Å². The molecule has 0 aliphatic heterocycles. The lowest BCUT2D eigenvalue weighted by Gasteiger charge is -2.06. The Bertz CT molecular complexity index is 437. The van der Waals surface area contributed by atoms with E-state index in [1.54, 1.807) is 6.20 Å².